The van der Waals surface area contributed by atoms with Crippen molar-refractivity contribution < 1.29 is 9.53 Å². The summed E-state index contributed by atoms with van der Waals surface area (Å²) in [6, 6.07) is 11.8. The molecule has 0 saturated carbocycles. The summed E-state index contributed by atoms with van der Waals surface area (Å²) in [5.41, 5.74) is 2.38. The van der Waals surface area contributed by atoms with Gasteiger partial charge in [-0.2, -0.15) is 10.4 Å². The number of benzene rings is 1. The molecule has 1 aromatic heterocycles. The van der Waals surface area contributed by atoms with Gasteiger partial charge in [-0.25, -0.2) is 4.79 Å². The zero-order valence-corrected chi connectivity index (χ0v) is 16.7. The van der Waals surface area contributed by atoms with Gasteiger partial charge in [-0.3, -0.25) is 4.68 Å². The van der Waals surface area contributed by atoms with Crippen LogP contribution in [-0.2, 0) is 18.5 Å². The molecule has 1 N–H and O–H groups in total. The molecule has 0 fully saturated rings. The van der Waals surface area contributed by atoms with E-state index in [4.69, 9.17) is 10.00 Å². The van der Waals surface area contributed by atoms with Crippen LogP contribution in [0, 0.1) is 11.3 Å². The Morgan fingerprint density at radius 2 is 2.18 bits per heavy atom. The van der Waals surface area contributed by atoms with Crippen molar-refractivity contribution in [1.82, 2.24) is 20.0 Å². The molecule has 1 aliphatic rings. The third-order valence-corrected chi connectivity index (χ3v) is 5.69. The summed E-state index contributed by atoms with van der Waals surface area (Å²) in [4.78, 5) is 14.4. The molecule has 0 radical (unpaired) electrons. The smallest absolute Gasteiger partial charge is 0.317 e. The highest BCUT2D eigenvalue weighted by atomic mass is 16.5. The zero-order chi connectivity index (χ0) is 20.1. The van der Waals surface area contributed by atoms with Gasteiger partial charge in [0, 0.05) is 18.7 Å². The van der Waals surface area contributed by atoms with Crippen LogP contribution in [0.1, 0.15) is 43.6 Å². The summed E-state index contributed by atoms with van der Waals surface area (Å²) in [5, 5.41) is 16.2. The lowest BCUT2D eigenvalue weighted by Gasteiger charge is -2.32. The second-order valence-electron chi connectivity index (χ2n) is 7.37. The Morgan fingerprint density at radius 1 is 1.39 bits per heavy atom. The van der Waals surface area contributed by atoms with Crippen molar-refractivity contribution in [3.05, 3.63) is 47.3 Å². The maximum atomic E-state index is 12.6. The number of methoxy groups -OCH3 is 1. The lowest BCUT2D eigenvalue weighted by Crippen LogP contribution is -2.45. The highest BCUT2D eigenvalue weighted by molar-refractivity contribution is 5.74. The largest absolute Gasteiger partial charge is 0.496 e. The Balaban J connectivity index is 1.59. The number of aromatic nitrogens is 2. The first-order valence-electron chi connectivity index (χ1n) is 9.64. The summed E-state index contributed by atoms with van der Waals surface area (Å²) in [5.74, 6) is 0.885. The molecule has 148 valence electrons. The fourth-order valence-electron chi connectivity index (χ4n) is 3.70. The van der Waals surface area contributed by atoms with Crippen LogP contribution in [0.2, 0.25) is 0 Å². The van der Waals surface area contributed by atoms with Gasteiger partial charge in [0.1, 0.15) is 11.8 Å². The number of hydrogen-bond acceptors (Lipinski definition) is 4. The Hall–Kier alpha value is -3.01. The van der Waals surface area contributed by atoms with Gasteiger partial charge in [-0.15, -0.1) is 0 Å². The molecule has 2 heterocycles. The van der Waals surface area contributed by atoms with Crippen molar-refractivity contribution in [3.63, 3.8) is 0 Å². The van der Waals surface area contributed by atoms with Gasteiger partial charge in [0.05, 0.1) is 25.9 Å². The number of para-hydroxylation sites is 1. The van der Waals surface area contributed by atoms with Gasteiger partial charge in [0.2, 0.25) is 0 Å². The summed E-state index contributed by atoms with van der Waals surface area (Å²) in [6.45, 7) is 6.62. The van der Waals surface area contributed by atoms with Gasteiger partial charge in [0.15, 0.2) is 5.69 Å². The van der Waals surface area contributed by atoms with E-state index in [0.717, 1.165) is 24.3 Å². The summed E-state index contributed by atoms with van der Waals surface area (Å²) in [6.07, 6.45) is 1.77. The summed E-state index contributed by atoms with van der Waals surface area (Å²) < 4.78 is 7.34. The van der Waals surface area contributed by atoms with Gasteiger partial charge in [-0.1, -0.05) is 32.0 Å². The number of hydrogen-bond donors (Lipinski definition) is 1. The third-order valence-electron chi connectivity index (χ3n) is 5.69. The number of amides is 2. The second-order valence-corrected chi connectivity index (χ2v) is 7.37. The molecule has 28 heavy (non-hydrogen) atoms. The highest BCUT2D eigenvalue weighted by Crippen LogP contribution is 2.36. The Morgan fingerprint density at radius 3 is 2.89 bits per heavy atom. The molecule has 0 unspecified atom stereocenters. The first kappa shape index (κ1) is 19.7. The lowest BCUT2D eigenvalue weighted by atomic mass is 9.77. The number of carbonyl (C=O) groups is 1. The van der Waals surface area contributed by atoms with Crippen LogP contribution in [0.5, 0.6) is 5.75 Å². The first-order chi connectivity index (χ1) is 13.5. The molecule has 7 nitrogen and oxygen atoms in total. The average molecular weight is 381 g/mol. The van der Waals surface area contributed by atoms with E-state index in [1.165, 1.54) is 5.56 Å². The Kier molecular flexibility index (Phi) is 5.88. The second kappa shape index (κ2) is 8.34. The number of ether oxygens (including phenoxy) is 1. The molecule has 0 spiro atoms. The maximum Gasteiger partial charge on any atom is 0.317 e. The molecule has 1 aromatic carbocycles. The monoisotopic (exact) mass is 381 g/mol. The number of nitrogens with one attached hydrogen (secondary N) is 1. The summed E-state index contributed by atoms with van der Waals surface area (Å²) in [7, 11) is 1.69. The molecule has 0 aliphatic carbocycles. The number of rotatable bonds is 6. The van der Waals surface area contributed by atoms with Crippen LogP contribution in [-0.4, -0.2) is 40.9 Å². The van der Waals surface area contributed by atoms with Crippen LogP contribution >= 0.6 is 0 Å². The quantitative estimate of drug-likeness (QED) is 0.834. The molecule has 3 rings (SSSR count). The number of carbonyl (C=O) groups excluding carboxylic acids is 1. The van der Waals surface area contributed by atoms with Crippen molar-refractivity contribution >= 4 is 6.03 Å². The van der Waals surface area contributed by atoms with Crippen LogP contribution in [0.4, 0.5) is 4.79 Å². The fraction of sp³-hybridized carbons (Fsp3) is 0.476. The van der Waals surface area contributed by atoms with Gasteiger partial charge < -0.3 is 15.0 Å². The van der Waals surface area contributed by atoms with Gasteiger partial charge in [0.25, 0.3) is 0 Å². The van der Waals surface area contributed by atoms with E-state index in [2.05, 4.69) is 30.3 Å². The number of nitriles is 1. The molecular weight excluding hydrogens is 354 g/mol. The number of urea groups is 1. The minimum atomic E-state index is -0.0813. The molecule has 0 saturated heterocycles. The van der Waals surface area contributed by atoms with E-state index in [-0.39, 0.29) is 11.4 Å². The molecule has 1 aliphatic heterocycles. The van der Waals surface area contributed by atoms with Crippen molar-refractivity contribution in [2.24, 2.45) is 0 Å². The van der Waals surface area contributed by atoms with Crippen LogP contribution in [0.3, 0.4) is 0 Å². The standard InChI is InChI=1S/C21H27N5O2/c1-4-21(2,18-7-5-6-8-19(18)28-3)9-10-23-20(27)25-11-12-26-17(15-25)13-16(14-22)24-26/h5-8,13H,4,9-12,15H2,1-3H3,(H,23,27)/t21-/m0/s1. The Labute approximate surface area is 165 Å². The predicted molar refractivity (Wildman–Crippen MR) is 106 cm³/mol. The molecule has 0 bridgehead atoms. The van der Waals surface area contributed by atoms with Crippen molar-refractivity contribution in [2.75, 3.05) is 20.2 Å². The maximum absolute atomic E-state index is 12.6. The summed E-state index contributed by atoms with van der Waals surface area (Å²) >= 11 is 0. The third kappa shape index (κ3) is 3.96. The van der Waals surface area contributed by atoms with E-state index in [1.54, 1.807) is 22.8 Å². The van der Waals surface area contributed by atoms with Gasteiger partial charge in [-0.05, 0) is 30.4 Å². The normalized spacial score (nSPS) is 15.3. The lowest BCUT2D eigenvalue weighted by molar-refractivity contribution is 0.180. The van der Waals surface area contributed by atoms with Crippen LogP contribution in [0.15, 0.2) is 30.3 Å². The molecule has 2 amide bonds. The van der Waals surface area contributed by atoms with E-state index in [9.17, 15) is 4.79 Å². The first-order valence-corrected chi connectivity index (χ1v) is 9.64. The van der Waals surface area contributed by atoms with Crippen LogP contribution < -0.4 is 10.1 Å². The van der Waals surface area contributed by atoms with E-state index in [1.807, 2.05) is 24.3 Å². The van der Waals surface area contributed by atoms with E-state index >= 15 is 0 Å². The van der Waals surface area contributed by atoms with Crippen molar-refractivity contribution in [1.29, 1.82) is 5.26 Å². The minimum absolute atomic E-state index is 0.0792. The fourth-order valence-corrected chi connectivity index (χ4v) is 3.70. The van der Waals surface area contributed by atoms with Gasteiger partial charge >= 0.3 is 6.03 Å². The predicted octanol–water partition coefficient (Wildman–Crippen LogP) is 3.05. The molecule has 7 heteroatoms. The van der Waals surface area contributed by atoms with E-state index < -0.39 is 0 Å². The molecular formula is C21H27N5O2. The average Bonchev–Trinajstić information content (AvgIpc) is 3.16. The number of fused-ring (bicyclic) bond motifs is 1. The zero-order valence-electron chi connectivity index (χ0n) is 16.7. The van der Waals surface area contributed by atoms with Crippen molar-refractivity contribution in [2.45, 2.75) is 45.2 Å². The number of nitrogens with zero attached hydrogens (tertiary/aromatic N) is 4. The minimum Gasteiger partial charge on any atom is -0.496 e. The Bertz CT molecular complexity index is 885. The topological polar surface area (TPSA) is 83.2 Å². The van der Waals surface area contributed by atoms with Crippen LogP contribution in [0.25, 0.3) is 0 Å². The molecule has 1 atom stereocenters. The van der Waals surface area contributed by atoms with Crippen molar-refractivity contribution in [3.8, 4) is 11.8 Å². The highest BCUT2D eigenvalue weighted by Gasteiger charge is 2.28. The molecule has 2 aromatic rings. The van der Waals surface area contributed by atoms with E-state index in [0.29, 0.717) is 31.9 Å². The SMILES string of the molecule is CC[C@@](C)(CCNC(=O)N1CCn2nc(C#N)cc2C1)c1ccccc1OC.